The highest BCUT2D eigenvalue weighted by Gasteiger charge is 2.30. The van der Waals surface area contributed by atoms with Gasteiger partial charge in [0.05, 0.1) is 0 Å². The number of benzene rings is 1. The summed E-state index contributed by atoms with van der Waals surface area (Å²) in [5.74, 6) is 0.0662. The molecule has 1 aromatic carbocycles. The molecule has 0 radical (unpaired) electrons. The molecule has 2 heterocycles. The van der Waals surface area contributed by atoms with Gasteiger partial charge in [0.15, 0.2) is 0 Å². The zero-order valence-electron chi connectivity index (χ0n) is 17.6. The van der Waals surface area contributed by atoms with Gasteiger partial charge in [-0.05, 0) is 57.7 Å². The van der Waals surface area contributed by atoms with Gasteiger partial charge in [-0.2, -0.15) is 0 Å². The lowest BCUT2D eigenvalue weighted by Crippen LogP contribution is -2.44. The fourth-order valence-electron chi connectivity index (χ4n) is 3.74. The molecule has 0 spiro atoms. The monoisotopic (exact) mass is 401 g/mol. The number of likely N-dealkylation sites (tertiary alicyclic amines) is 1. The van der Waals surface area contributed by atoms with Crippen LogP contribution in [0.3, 0.4) is 0 Å². The van der Waals surface area contributed by atoms with E-state index < -0.39 is 5.60 Å². The minimum absolute atomic E-state index is 0.0106. The van der Waals surface area contributed by atoms with Gasteiger partial charge in [0.1, 0.15) is 5.60 Å². The van der Waals surface area contributed by atoms with Gasteiger partial charge in [-0.15, -0.1) is 0 Å². The van der Waals surface area contributed by atoms with E-state index in [9.17, 15) is 14.4 Å². The molecule has 3 amide bonds. The minimum Gasteiger partial charge on any atom is -0.444 e. The number of rotatable bonds is 4. The molecule has 2 aliphatic heterocycles. The summed E-state index contributed by atoms with van der Waals surface area (Å²) in [5, 5.41) is 3.00. The Morgan fingerprint density at radius 1 is 1.17 bits per heavy atom. The Bertz CT molecular complexity index is 764. The lowest BCUT2D eigenvalue weighted by molar-refractivity contribution is -0.126. The van der Waals surface area contributed by atoms with Crippen molar-refractivity contribution in [2.24, 2.45) is 5.92 Å². The molecule has 1 N–H and O–H groups in total. The molecule has 0 unspecified atom stereocenters. The van der Waals surface area contributed by atoms with Crippen LogP contribution in [-0.2, 0) is 20.9 Å². The van der Waals surface area contributed by atoms with Crippen molar-refractivity contribution in [2.75, 3.05) is 24.5 Å². The molecule has 7 heteroatoms. The number of piperidine rings is 1. The van der Waals surface area contributed by atoms with Crippen LogP contribution < -0.4 is 10.2 Å². The zero-order chi connectivity index (χ0) is 21.0. The molecule has 0 aliphatic carbocycles. The Kier molecular flexibility index (Phi) is 6.45. The molecule has 158 valence electrons. The van der Waals surface area contributed by atoms with Gasteiger partial charge < -0.3 is 19.9 Å². The third kappa shape index (κ3) is 5.71. The number of nitrogens with zero attached hydrogens (tertiary/aromatic N) is 2. The lowest BCUT2D eigenvalue weighted by Gasteiger charge is -2.32. The average molecular weight is 402 g/mol. The first-order valence-corrected chi connectivity index (χ1v) is 10.4. The number of hydrogen-bond acceptors (Lipinski definition) is 4. The van der Waals surface area contributed by atoms with Crippen LogP contribution in [-0.4, -0.2) is 48.0 Å². The Morgan fingerprint density at radius 3 is 2.52 bits per heavy atom. The summed E-state index contributed by atoms with van der Waals surface area (Å²) >= 11 is 0. The molecule has 2 fully saturated rings. The highest BCUT2D eigenvalue weighted by molar-refractivity contribution is 5.95. The smallest absolute Gasteiger partial charge is 0.410 e. The van der Waals surface area contributed by atoms with Crippen LogP contribution in [0, 0.1) is 5.92 Å². The first-order valence-electron chi connectivity index (χ1n) is 10.4. The maximum absolute atomic E-state index is 12.6. The third-order valence-electron chi connectivity index (χ3n) is 5.28. The first kappa shape index (κ1) is 21.1. The zero-order valence-corrected chi connectivity index (χ0v) is 17.6. The van der Waals surface area contributed by atoms with Crippen LogP contribution >= 0.6 is 0 Å². The fraction of sp³-hybridized carbons (Fsp3) is 0.591. The molecular weight excluding hydrogens is 370 g/mol. The normalized spacial score (nSPS) is 18.1. The lowest BCUT2D eigenvalue weighted by atomic mass is 9.96. The van der Waals surface area contributed by atoms with Crippen molar-refractivity contribution in [1.29, 1.82) is 0 Å². The molecule has 0 bridgehead atoms. The summed E-state index contributed by atoms with van der Waals surface area (Å²) < 4.78 is 5.40. The van der Waals surface area contributed by atoms with E-state index in [1.807, 2.05) is 45.0 Å². The topological polar surface area (TPSA) is 79.0 Å². The summed E-state index contributed by atoms with van der Waals surface area (Å²) in [4.78, 5) is 40.1. The molecule has 7 nitrogen and oxygen atoms in total. The summed E-state index contributed by atoms with van der Waals surface area (Å²) in [5.41, 5.74) is 1.35. The summed E-state index contributed by atoms with van der Waals surface area (Å²) in [6.45, 7) is 7.78. The van der Waals surface area contributed by atoms with E-state index in [4.69, 9.17) is 4.74 Å². The quantitative estimate of drug-likeness (QED) is 0.841. The molecule has 0 aromatic heterocycles. The average Bonchev–Trinajstić information content (AvgIpc) is 3.11. The van der Waals surface area contributed by atoms with Crippen molar-refractivity contribution < 1.29 is 19.1 Å². The van der Waals surface area contributed by atoms with E-state index >= 15 is 0 Å². The van der Waals surface area contributed by atoms with Gasteiger partial charge >= 0.3 is 6.09 Å². The Labute approximate surface area is 172 Å². The van der Waals surface area contributed by atoms with Gasteiger partial charge in [0.2, 0.25) is 11.8 Å². The van der Waals surface area contributed by atoms with E-state index in [-0.39, 0.29) is 23.8 Å². The highest BCUT2D eigenvalue weighted by Crippen LogP contribution is 2.23. The van der Waals surface area contributed by atoms with Crippen molar-refractivity contribution >= 4 is 23.6 Å². The van der Waals surface area contributed by atoms with Crippen molar-refractivity contribution in [1.82, 2.24) is 10.2 Å². The van der Waals surface area contributed by atoms with Crippen LogP contribution in [0.1, 0.15) is 52.0 Å². The summed E-state index contributed by atoms with van der Waals surface area (Å²) in [7, 11) is 0. The van der Waals surface area contributed by atoms with Gasteiger partial charge in [-0.25, -0.2) is 4.79 Å². The van der Waals surface area contributed by atoms with Crippen molar-refractivity contribution in [3.8, 4) is 0 Å². The number of amides is 3. The standard InChI is InChI=1S/C22H31N3O4/c1-22(2,3)29-21(28)24-12-9-17(10-13-24)20(27)23-15-16-6-4-7-18(14-16)25-11-5-8-19(25)26/h4,6-7,14,17H,5,8-13,15H2,1-3H3,(H,23,27). The van der Waals surface area contributed by atoms with Crippen LogP contribution in [0.4, 0.5) is 10.5 Å². The van der Waals surface area contributed by atoms with E-state index in [1.165, 1.54) is 0 Å². The maximum atomic E-state index is 12.6. The first-order chi connectivity index (χ1) is 13.7. The van der Waals surface area contributed by atoms with E-state index in [1.54, 1.807) is 9.80 Å². The van der Waals surface area contributed by atoms with Gasteiger partial charge in [-0.1, -0.05) is 12.1 Å². The molecule has 0 saturated carbocycles. The number of carbonyl (C=O) groups is 3. The van der Waals surface area contributed by atoms with Crippen LogP contribution in [0.5, 0.6) is 0 Å². The summed E-state index contributed by atoms with van der Waals surface area (Å²) in [6.07, 6.45) is 2.44. The van der Waals surface area contributed by atoms with Gasteiger partial charge in [-0.3, -0.25) is 9.59 Å². The molecule has 2 aliphatic rings. The Hall–Kier alpha value is -2.57. The van der Waals surface area contributed by atoms with E-state index in [0.29, 0.717) is 38.9 Å². The Balaban J connectivity index is 1.47. The van der Waals surface area contributed by atoms with Gasteiger partial charge in [0, 0.05) is 44.2 Å². The second-order valence-corrected chi connectivity index (χ2v) is 8.78. The number of anilines is 1. The van der Waals surface area contributed by atoms with Gasteiger partial charge in [0.25, 0.3) is 0 Å². The number of hydrogen-bond donors (Lipinski definition) is 1. The highest BCUT2D eigenvalue weighted by atomic mass is 16.6. The van der Waals surface area contributed by atoms with Crippen LogP contribution in [0.25, 0.3) is 0 Å². The third-order valence-corrected chi connectivity index (χ3v) is 5.28. The number of nitrogens with one attached hydrogen (secondary N) is 1. The molecular formula is C22H31N3O4. The van der Waals surface area contributed by atoms with E-state index in [0.717, 1.165) is 24.2 Å². The van der Waals surface area contributed by atoms with Crippen molar-refractivity contribution in [2.45, 2.75) is 58.6 Å². The molecule has 1 aromatic rings. The molecule has 3 rings (SSSR count). The SMILES string of the molecule is CC(C)(C)OC(=O)N1CCC(C(=O)NCc2cccc(N3CCCC3=O)c2)CC1. The number of ether oxygens (including phenoxy) is 1. The minimum atomic E-state index is -0.514. The molecule has 0 atom stereocenters. The van der Waals surface area contributed by atoms with Crippen LogP contribution in [0.15, 0.2) is 24.3 Å². The fourth-order valence-corrected chi connectivity index (χ4v) is 3.74. The number of carbonyl (C=O) groups excluding carboxylic acids is 3. The second-order valence-electron chi connectivity index (χ2n) is 8.78. The van der Waals surface area contributed by atoms with Crippen molar-refractivity contribution in [3.05, 3.63) is 29.8 Å². The van der Waals surface area contributed by atoms with E-state index in [2.05, 4.69) is 5.32 Å². The molecule has 2 saturated heterocycles. The molecule has 29 heavy (non-hydrogen) atoms. The largest absolute Gasteiger partial charge is 0.444 e. The Morgan fingerprint density at radius 2 is 1.90 bits per heavy atom. The van der Waals surface area contributed by atoms with Crippen molar-refractivity contribution in [3.63, 3.8) is 0 Å². The van der Waals surface area contributed by atoms with Crippen LogP contribution in [0.2, 0.25) is 0 Å². The predicted octanol–water partition coefficient (Wildman–Crippen LogP) is 3.08. The maximum Gasteiger partial charge on any atom is 0.410 e. The summed E-state index contributed by atoms with van der Waals surface area (Å²) in [6, 6.07) is 7.77. The second kappa shape index (κ2) is 8.84. The predicted molar refractivity (Wildman–Crippen MR) is 110 cm³/mol.